The molecule has 0 aliphatic carbocycles. The molecule has 0 spiro atoms. The molecule has 8 nitrogen and oxygen atoms in total. The molecule has 0 radical (unpaired) electrons. The molecule has 1 aliphatic heterocycles. The fourth-order valence-electron chi connectivity index (χ4n) is 3.83. The van der Waals surface area contributed by atoms with Gasteiger partial charge in [-0.1, -0.05) is 12.1 Å². The number of aromatic nitrogens is 4. The number of morpholine rings is 1. The molecule has 1 aliphatic rings. The van der Waals surface area contributed by atoms with E-state index in [9.17, 15) is 4.79 Å². The second-order valence-electron chi connectivity index (χ2n) is 7.77. The number of rotatable bonds is 4. The van der Waals surface area contributed by atoms with E-state index < -0.39 is 0 Å². The van der Waals surface area contributed by atoms with E-state index in [1.165, 1.54) is 5.69 Å². The van der Waals surface area contributed by atoms with Gasteiger partial charge in [0.25, 0.3) is 5.91 Å². The summed E-state index contributed by atoms with van der Waals surface area (Å²) in [6.45, 7) is 7.07. The molecule has 1 saturated heterocycles. The Hall–Kier alpha value is -3.65. The third-order valence-corrected chi connectivity index (χ3v) is 5.73. The van der Waals surface area contributed by atoms with Crippen LogP contribution < -0.4 is 10.2 Å². The fraction of sp³-hybridized carbons (Fsp3) is 0.261. The largest absolute Gasteiger partial charge is 0.378 e. The van der Waals surface area contributed by atoms with Crippen molar-refractivity contribution < 1.29 is 9.53 Å². The number of aromatic amines is 2. The summed E-state index contributed by atoms with van der Waals surface area (Å²) in [6, 6.07) is 12.4. The average molecular weight is 416 g/mol. The second kappa shape index (κ2) is 7.88. The molecule has 5 rings (SSSR count). The first kappa shape index (κ1) is 19.3. The van der Waals surface area contributed by atoms with E-state index in [4.69, 9.17) is 4.74 Å². The lowest BCUT2D eigenvalue weighted by molar-refractivity contribution is 0.102. The Morgan fingerprint density at radius 3 is 2.77 bits per heavy atom. The molecule has 0 unspecified atom stereocenters. The van der Waals surface area contributed by atoms with E-state index in [-0.39, 0.29) is 5.91 Å². The number of H-pyrrole nitrogens is 2. The number of carbonyl (C=O) groups excluding carboxylic acids is 1. The van der Waals surface area contributed by atoms with Crippen LogP contribution >= 0.6 is 0 Å². The lowest BCUT2D eigenvalue weighted by atomic mass is 10.1. The van der Waals surface area contributed by atoms with Crippen LogP contribution in [0.25, 0.3) is 22.3 Å². The predicted octanol–water partition coefficient (Wildman–Crippen LogP) is 3.66. The van der Waals surface area contributed by atoms with Crippen LogP contribution in [0.5, 0.6) is 0 Å². The lowest BCUT2D eigenvalue weighted by Gasteiger charge is -2.29. The van der Waals surface area contributed by atoms with Crippen LogP contribution in [0.4, 0.5) is 11.4 Å². The summed E-state index contributed by atoms with van der Waals surface area (Å²) in [5.74, 6) is -0.253. The van der Waals surface area contributed by atoms with Gasteiger partial charge in [0.1, 0.15) is 5.65 Å². The number of hydrogen-bond donors (Lipinski definition) is 3. The van der Waals surface area contributed by atoms with Gasteiger partial charge in [-0.3, -0.25) is 9.89 Å². The summed E-state index contributed by atoms with van der Waals surface area (Å²) in [6.07, 6.45) is 1.65. The third kappa shape index (κ3) is 3.77. The van der Waals surface area contributed by atoms with E-state index in [2.05, 4.69) is 60.7 Å². The maximum atomic E-state index is 12.6. The van der Waals surface area contributed by atoms with Gasteiger partial charge in [-0.15, -0.1) is 0 Å². The third-order valence-electron chi connectivity index (χ3n) is 5.73. The Morgan fingerprint density at radius 1 is 1.16 bits per heavy atom. The highest BCUT2D eigenvalue weighted by Gasteiger charge is 2.16. The SMILES string of the molecule is Cc1[nH]nc(C(=O)Nc2cnc3[nH]c(-c4cccc(N5CCOCC5)c4)cc3c2)c1C. The van der Waals surface area contributed by atoms with Crippen molar-refractivity contribution in [3.63, 3.8) is 0 Å². The molecule has 1 fully saturated rings. The summed E-state index contributed by atoms with van der Waals surface area (Å²) in [4.78, 5) is 22.8. The molecule has 0 bridgehead atoms. The van der Waals surface area contributed by atoms with Crippen molar-refractivity contribution in [2.24, 2.45) is 0 Å². The highest BCUT2D eigenvalue weighted by Crippen LogP contribution is 2.28. The number of carbonyl (C=O) groups is 1. The van der Waals surface area contributed by atoms with E-state index in [0.29, 0.717) is 11.4 Å². The average Bonchev–Trinajstić information content (AvgIpc) is 3.37. The van der Waals surface area contributed by atoms with E-state index >= 15 is 0 Å². The summed E-state index contributed by atoms with van der Waals surface area (Å²) < 4.78 is 5.46. The van der Waals surface area contributed by atoms with Gasteiger partial charge >= 0.3 is 0 Å². The second-order valence-corrected chi connectivity index (χ2v) is 7.77. The fourth-order valence-corrected chi connectivity index (χ4v) is 3.83. The van der Waals surface area contributed by atoms with Gasteiger partial charge in [-0.05, 0) is 38.1 Å². The van der Waals surface area contributed by atoms with Crippen LogP contribution in [0, 0.1) is 13.8 Å². The van der Waals surface area contributed by atoms with Crippen molar-refractivity contribution in [2.75, 3.05) is 36.5 Å². The Labute approximate surface area is 179 Å². The summed E-state index contributed by atoms with van der Waals surface area (Å²) in [7, 11) is 0. The zero-order valence-corrected chi connectivity index (χ0v) is 17.5. The summed E-state index contributed by atoms with van der Waals surface area (Å²) >= 11 is 0. The van der Waals surface area contributed by atoms with Crippen LogP contribution in [0.2, 0.25) is 0 Å². The maximum Gasteiger partial charge on any atom is 0.276 e. The maximum absolute atomic E-state index is 12.6. The van der Waals surface area contributed by atoms with E-state index in [1.54, 1.807) is 6.20 Å². The number of nitrogens with zero attached hydrogens (tertiary/aromatic N) is 3. The van der Waals surface area contributed by atoms with Gasteiger partial charge in [0.05, 0.1) is 25.1 Å². The number of nitrogens with one attached hydrogen (secondary N) is 3. The van der Waals surface area contributed by atoms with Gasteiger partial charge < -0.3 is 19.9 Å². The van der Waals surface area contributed by atoms with Crippen molar-refractivity contribution in [2.45, 2.75) is 13.8 Å². The molecule has 1 aromatic carbocycles. The summed E-state index contributed by atoms with van der Waals surface area (Å²) in [5, 5.41) is 10.7. The first-order chi connectivity index (χ1) is 15.1. The Balaban J connectivity index is 1.40. The van der Waals surface area contributed by atoms with Gasteiger partial charge in [0.15, 0.2) is 5.69 Å². The number of aryl methyl sites for hydroxylation is 1. The first-order valence-corrected chi connectivity index (χ1v) is 10.3. The summed E-state index contributed by atoms with van der Waals surface area (Å²) in [5.41, 5.74) is 6.79. The highest BCUT2D eigenvalue weighted by atomic mass is 16.5. The Kier molecular flexibility index (Phi) is 4.91. The van der Waals surface area contributed by atoms with Gasteiger partial charge in [0, 0.05) is 46.7 Å². The van der Waals surface area contributed by atoms with Gasteiger partial charge in [0.2, 0.25) is 0 Å². The zero-order valence-electron chi connectivity index (χ0n) is 17.5. The molecule has 0 saturated carbocycles. The zero-order chi connectivity index (χ0) is 21.4. The first-order valence-electron chi connectivity index (χ1n) is 10.3. The van der Waals surface area contributed by atoms with Crippen LogP contribution in [0.3, 0.4) is 0 Å². The highest BCUT2D eigenvalue weighted by molar-refractivity contribution is 6.04. The number of benzene rings is 1. The van der Waals surface area contributed by atoms with Gasteiger partial charge in [-0.25, -0.2) is 4.98 Å². The van der Waals surface area contributed by atoms with Crippen LogP contribution in [-0.2, 0) is 4.74 Å². The molecular formula is C23H24N6O2. The molecule has 0 atom stereocenters. The molecule has 1 amide bonds. The van der Waals surface area contributed by atoms with E-state index in [1.807, 2.05) is 19.9 Å². The van der Waals surface area contributed by atoms with E-state index in [0.717, 1.165) is 59.9 Å². The van der Waals surface area contributed by atoms with Crippen molar-refractivity contribution in [1.82, 2.24) is 20.2 Å². The molecule has 4 heterocycles. The quantitative estimate of drug-likeness (QED) is 0.472. The molecule has 158 valence electrons. The molecule has 31 heavy (non-hydrogen) atoms. The van der Waals surface area contributed by atoms with Crippen LogP contribution in [0.1, 0.15) is 21.7 Å². The van der Waals surface area contributed by atoms with Gasteiger partial charge in [-0.2, -0.15) is 5.10 Å². The molecule has 8 heteroatoms. The Morgan fingerprint density at radius 2 is 2.00 bits per heavy atom. The van der Waals surface area contributed by atoms with Crippen molar-refractivity contribution in [3.05, 3.63) is 59.5 Å². The van der Waals surface area contributed by atoms with Crippen LogP contribution in [0.15, 0.2) is 42.6 Å². The normalized spacial score (nSPS) is 14.2. The number of fused-ring (bicyclic) bond motifs is 1. The van der Waals surface area contributed by atoms with Crippen molar-refractivity contribution >= 4 is 28.3 Å². The number of hydrogen-bond acceptors (Lipinski definition) is 5. The Bertz CT molecular complexity index is 1250. The monoisotopic (exact) mass is 416 g/mol. The number of pyridine rings is 1. The number of ether oxygens (including phenoxy) is 1. The molecular weight excluding hydrogens is 392 g/mol. The number of anilines is 2. The molecule has 4 aromatic rings. The molecule has 3 N–H and O–H groups in total. The van der Waals surface area contributed by atoms with Crippen LogP contribution in [-0.4, -0.2) is 52.4 Å². The minimum Gasteiger partial charge on any atom is -0.378 e. The minimum absolute atomic E-state index is 0.253. The van der Waals surface area contributed by atoms with Crippen molar-refractivity contribution in [3.8, 4) is 11.3 Å². The number of amides is 1. The predicted molar refractivity (Wildman–Crippen MR) is 121 cm³/mol. The topological polar surface area (TPSA) is 98.9 Å². The standard InChI is InChI=1S/C23H24N6O2/c1-14-15(2)27-28-21(14)23(30)25-18-10-17-12-20(26-22(17)24-13-18)16-4-3-5-19(11-16)29-6-8-31-9-7-29/h3-5,10-13H,6-9H2,1-2H3,(H,24,26)(H,25,30)(H,27,28). The lowest BCUT2D eigenvalue weighted by Crippen LogP contribution is -2.36. The smallest absolute Gasteiger partial charge is 0.276 e. The van der Waals surface area contributed by atoms with Crippen molar-refractivity contribution in [1.29, 1.82) is 0 Å². The molecule has 3 aromatic heterocycles. The minimum atomic E-state index is -0.253.